The molecule has 0 saturated carbocycles. The van der Waals surface area contributed by atoms with Crippen molar-refractivity contribution < 1.29 is 9.63 Å². The van der Waals surface area contributed by atoms with Crippen LogP contribution < -0.4 is 16.0 Å². The van der Waals surface area contributed by atoms with Gasteiger partial charge in [0.1, 0.15) is 12.6 Å². The van der Waals surface area contributed by atoms with Crippen LogP contribution in [0.2, 0.25) is 0 Å². The van der Waals surface area contributed by atoms with E-state index in [1.54, 1.807) is 12.4 Å². The van der Waals surface area contributed by atoms with Crippen LogP contribution in [-0.2, 0) is 9.63 Å². The van der Waals surface area contributed by atoms with E-state index in [0.717, 1.165) is 24.5 Å². The third-order valence-electron chi connectivity index (χ3n) is 3.90. The van der Waals surface area contributed by atoms with Gasteiger partial charge in [-0.25, -0.2) is 4.98 Å². The summed E-state index contributed by atoms with van der Waals surface area (Å²) in [5, 5.41) is 18.0. The molecule has 0 aromatic carbocycles. The molecule has 0 aliphatic heterocycles. The monoisotopic (exact) mass is 438 g/mol. The fourth-order valence-corrected chi connectivity index (χ4v) is 3.18. The van der Waals surface area contributed by atoms with Crippen molar-refractivity contribution in [3.8, 4) is 6.07 Å². The van der Waals surface area contributed by atoms with Crippen molar-refractivity contribution in [2.75, 3.05) is 31.6 Å². The maximum atomic E-state index is 12.2. The lowest BCUT2D eigenvalue weighted by atomic mass is 9.92. The molecular weight excluding hydrogens is 411 g/mol. The van der Waals surface area contributed by atoms with Crippen LogP contribution in [0.1, 0.15) is 32.6 Å². The lowest BCUT2D eigenvalue weighted by molar-refractivity contribution is -0.122. The lowest BCUT2D eigenvalue weighted by Crippen LogP contribution is -2.56. The highest BCUT2D eigenvalue weighted by atomic mass is 35.5. The summed E-state index contributed by atoms with van der Waals surface area (Å²) in [7, 11) is 1.47. The van der Waals surface area contributed by atoms with Gasteiger partial charge in [0.15, 0.2) is 5.13 Å². The number of primary amides is 1. The maximum Gasteiger partial charge on any atom is 0.243 e. The number of thiazole rings is 1. The smallest absolute Gasteiger partial charge is 0.243 e. The summed E-state index contributed by atoms with van der Waals surface area (Å²) in [5.74, 6) is -0.397. The first-order chi connectivity index (χ1) is 12.1. The largest absolute Gasteiger partial charge is 0.399 e. The molecule has 0 aliphatic carbocycles. The zero-order chi connectivity index (χ0) is 18.5. The molecule has 1 aromatic heterocycles. The molecule has 0 radical (unpaired) electrons. The Morgan fingerprint density at radius 1 is 1.52 bits per heavy atom. The molecule has 0 unspecified atom stereocenters. The average molecular weight is 439 g/mol. The van der Waals surface area contributed by atoms with E-state index in [2.05, 4.69) is 21.5 Å². The molecule has 27 heavy (non-hydrogen) atoms. The predicted octanol–water partition coefficient (Wildman–Crippen LogP) is 2.34. The quantitative estimate of drug-likeness (QED) is 0.277. The van der Waals surface area contributed by atoms with Crippen LogP contribution in [0.3, 0.4) is 0 Å². The molecule has 0 fully saturated rings. The number of hydrogen-bond acceptors (Lipinski definition) is 8. The van der Waals surface area contributed by atoms with Gasteiger partial charge >= 0.3 is 0 Å². The van der Waals surface area contributed by atoms with Crippen molar-refractivity contribution in [3.63, 3.8) is 0 Å². The van der Waals surface area contributed by atoms with Gasteiger partial charge in [0.2, 0.25) is 5.91 Å². The maximum absolute atomic E-state index is 12.2. The van der Waals surface area contributed by atoms with Gasteiger partial charge in [-0.05, 0) is 32.7 Å². The summed E-state index contributed by atoms with van der Waals surface area (Å²) in [5.41, 5.74) is 4.86. The molecular formula is C16H28Cl2N6O2S. The minimum atomic E-state index is -0.871. The number of rotatable bonds is 13. The normalized spacial score (nSPS) is 12.3. The van der Waals surface area contributed by atoms with Gasteiger partial charge in [-0.3, -0.25) is 4.79 Å². The van der Waals surface area contributed by atoms with Gasteiger partial charge in [-0.2, -0.15) is 5.26 Å². The Kier molecular flexibility index (Phi) is 15.8. The molecule has 0 aliphatic rings. The van der Waals surface area contributed by atoms with Crippen molar-refractivity contribution in [1.82, 2.24) is 10.3 Å². The molecule has 8 nitrogen and oxygen atoms in total. The molecule has 1 rings (SSSR count). The van der Waals surface area contributed by atoms with Crippen molar-refractivity contribution in [3.05, 3.63) is 11.6 Å². The number of nitrogens with one attached hydrogen (secondary N) is 1. The highest BCUT2D eigenvalue weighted by molar-refractivity contribution is 7.13. The number of carbonyl (C=O) groups excluding carboxylic acids is 1. The standard InChI is InChI=1S/C16H26N6O2S.2ClH/c1-16(14(18)23,6-3-4-8-19-9-5-7-17)22(12-10-21-24-2)15-20-11-13-25-15;;/h10-11,13,19H,3-6,8-9,12H2,1-2H3,(H2,18,23);2*1H/b21-10+;;/t16-;;/m0../s1. The number of amides is 1. The minimum Gasteiger partial charge on any atom is -0.399 e. The Morgan fingerprint density at radius 3 is 2.81 bits per heavy atom. The zero-order valence-corrected chi connectivity index (χ0v) is 18.0. The number of halogens is 2. The fraction of sp³-hybridized carbons (Fsp3) is 0.625. The second-order valence-electron chi connectivity index (χ2n) is 5.65. The van der Waals surface area contributed by atoms with Crippen molar-refractivity contribution in [2.45, 2.75) is 38.1 Å². The van der Waals surface area contributed by atoms with E-state index in [-0.39, 0.29) is 24.8 Å². The second-order valence-corrected chi connectivity index (χ2v) is 6.52. The molecule has 1 aromatic rings. The van der Waals surface area contributed by atoms with E-state index in [4.69, 9.17) is 15.8 Å². The van der Waals surface area contributed by atoms with Crippen LogP contribution in [0, 0.1) is 11.3 Å². The first-order valence-electron chi connectivity index (χ1n) is 8.16. The molecule has 1 amide bonds. The summed E-state index contributed by atoms with van der Waals surface area (Å²) < 4.78 is 0. The van der Waals surface area contributed by atoms with Gasteiger partial charge in [-0.1, -0.05) is 5.16 Å². The van der Waals surface area contributed by atoms with E-state index in [1.807, 2.05) is 17.2 Å². The van der Waals surface area contributed by atoms with E-state index in [1.165, 1.54) is 18.4 Å². The number of carbonyl (C=O) groups is 1. The Morgan fingerprint density at radius 2 is 2.26 bits per heavy atom. The number of nitriles is 1. The van der Waals surface area contributed by atoms with Gasteiger partial charge in [0.25, 0.3) is 0 Å². The molecule has 154 valence electrons. The second kappa shape index (κ2) is 15.5. The minimum absolute atomic E-state index is 0. The Balaban J connectivity index is 0. The Bertz CT molecular complexity index is 582. The molecule has 1 atom stereocenters. The highest BCUT2D eigenvalue weighted by Gasteiger charge is 2.38. The first-order valence-corrected chi connectivity index (χ1v) is 9.04. The summed E-state index contributed by atoms with van der Waals surface area (Å²) >= 11 is 1.45. The molecule has 0 saturated heterocycles. The average Bonchev–Trinajstić information content (AvgIpc) is 3.11. The molecule has 0 bridgehead atoms. The van der Waals surface area contributed by atoms with E-state index in [0.29, 0.717) is 25.9 Å². The van der Waals surface area contributed by atoms with Gasteiger partial charge in [0, 0.05) is 24.5 Å². The van der Waals surface area contributed by atoms with E-state index in [9.17, 15) is 4.79 Å². The van der Waals surface area contributed by atoms with Crippen LogP contribution in [0.25, 0.3) is 0 Å². The SMILES string of the molecule is CO/N=C/CN(c1nccs1)[C@@](C)(CCCCNCCC#N)C(N)=O.Cl.Cl. The lowest BCUT2D eigenvalue weighted by Gasteiger charge is -2.38. The van der Waals surface area contributed by atoms with Crippen LogP contribution in [0.15, 0.2) is 16.7 Å². The Hall–Kier alpha value is -1.60. The molecule has 11 heteroatoms. The summed E-state index contributed by atoms with van der Waals surface area (Å²) in [6, 6.07) is 2.09. The molecule has 1 heterocycles. The Labute approximate surface area is 177 Å². The fourth-order valence-electron chi connectivity index (χ4n) is 2.41. The number of unbranched alkanes of at least 4 members (excludes halogenated alkanes) is 1. The summed E-state index contributed by atoms with van der Waals surface area (Å²) in [4.78, 5) is 23.1. The van der Waals surface area contributed by atoms with E-state index < -0.39 is 11.4 Å². The summed E-state index contributed by atoms with van der Waals surface area (Å²) in [6.07, 6.45) is 6.10. The first kappa shape index (κ1) is 27.6. The van der Waals surface area contributed by atoms with Gasteiger partial charge in [-0.15, -0.1) is 36.2 Å². The zero-order valence-electron chi connectivity index (χ0n) is 15.6. The highest BCUT2D eigenvalue weighted by Crippen LogP contribution is 2.29. The summed E-state index contributed by atoms with van der Waals surface area (Å²) in [6.45, 7) is 3.70. The molecule has 0 spiro atoms. The van der Waals surface area contributed by atoms with Gasteiger partial charge in [0.05, 0.1) is 18.8 Å². The van der Waals surface area contributed by atoms with Crippen molar-refractivity contribution in [1.29, 1.82) is 5.26 Å². The predicted molar refractivity (Wildman–Crippen MR) is 114 cm³/mol. The van der Waals surface area contributed by atoms with Crippen LogP contribution in [0.4, 0.5) is 5.13 Å². The molecule has 3 N–H and O–H groups in total. The number of aromatic nitrogens is 1. The van der Waals surface area contributed by atoms with Gasteiger partial charge < -0.3 is 20.8 Å². The third-order valence-corrected chi connectivity index (χ3v) is 4.70. The number of anilines is 1. The van der Waals surface area contributed by atoms with Crippen LogP contribution in [-0.4, -0.2) is 49.4 Å². The van der Waals surface area contributed by atoms with Crippen LogP contribution >= 0.6 is 36.2 Å². The van der Waals surface area contributed by atoms with Crippen LogP contribution in [0.5, 0.6) is 0 Å². The van der Waals surface area contributed by atoms with Crippen molar-refractivity contribution in [2.24, 2.45) is 10.9 Å². The number of oxime groups is 1. The third kappa shape index (κ3) is 9.24. The number of hydrogen-bond donors (Lipinski definition) is 2. The number of nitrogens with zero attached hydrogens (tertiary/aromatic N) is 4. The topological polar surface area (TPSA) is 117 Å². The number of nitrogens with two attached hydrogens (primary N) is 1. The van der Waals surface area contributed by atoms with E-state index >= 15 is 0 Å². The van der Waals surface area contributed by atoms with Crippen molar-refractivity contribution >= 4 is 53.4 Å².